The molecule has 0 atom stereocenters. The molecule has 0 radical (unpaired) electrons. The third kappa shape index (κ3) is 3.35. The molecule has 1 aromatic heterocycles. The average Bonchev–Trinajstić information content (AvgIpc) is 3.11. The molecule has 0 bridgehead atoms. The van der Waals surface area contributed by atoms with Crippen molar-refractivity contribution in [1.82, 2.24) is 14.8 Å². The highest BCUT2D eigenvalue weighted by Crippen LogP contribution is 2.40. The van der Waals surface area contributed by atoms with Crippen LogP contribution in [0.15, 0.2) is 0 Å². The van der Waals surface area contributed by atoms with Crippen LogP contribution < -0.4 is 5.32 Å². The standard InChI is InChI=1S/C20H26N4O4S/c1-19(2)9-12-15(13(25)10-19)29-17(21-12)22-14(26)11-24-16(27)20(23(3)18(24)28)7-5-4-6-8-20/h4-11H2,1-3H3,(H,21,22,26). The number of nitrogens with zero attached hydrogens (tertiary/aromatic N) is 3. The summed E-state index contributed by atoms with van der Waals surface area (Å²) in [6, 6.07) is -0.428. The monoisotopic (exact) mass is 418 g/mol. The minimum absolute atomic E-state index is 0.0417. The molecule has 0 aromatic carbocycles. The van der Waals surface area contributed by atoms with Gasteiger partial charge in [-0.1, -0.05) is 44.4 Å². The molecule has 4 rings (SSSR count). The molecule has 4 amide bonds. The van der Waals surface area contributed by atoms with E-state index in [0.29, 0.717) is 41.4 Å². The van der Waals surface area contributed by atoms with E-state index in [1.807, 2.05) is 13.8 Å². The van der Waals surface area contributed by atoms with Crippen molar-refractivity contribution in [2.45, 2.75) is 64.3 Å². The fraction of sp³-hybridized carbons (Fsp3) is 0.650. The highest BCUT2D eigenvalue weighted by Gasteiger charge is 2.55. The Balaban J connectivity index is 1.46. The predicted octanol–water partition coefficient (Wildman–Crippen LogP) is 2.83. The van der Waals surface area contributed by atoms with E-state index >= 15 is 0 Å². The molecule has 1 aromatic rings. The summed E-state index contributed by atoms with van der Waals surface area (Å²) in [7, 11) is 1.64. The number of amides is 4. The summed E-state index contributed by atoms with van der Waals surface area (Å²) in [6.07, 6.45) is 5.28. The van der Waals surface area contributed by atoms with Crippen LogP contribution in [-0.4, -0.2) is 57.5 Å². The largest absolute Gasteiger partial charge is 0.327 e. The van der Waals surface area contributed by atoms with Gasteiger partial charge in [-0.2, -0.15) is 0 Å². The van der Waals surface area contributed by atoms with Gasteiger partial charge in [0.25, 0.3) is 5.91 Å². The van der Waals surface area contributed by atoms with Crippen LogP contribution in [0.4, 0.5) is 9.93 Å². The first-order valence-electron chi connectivity index (χ1n) is 10.1. The van der Waals surface area contributed by atoms with E-state index in [-0.39, 0.29) is 23.7 Å². The number of hydrogen-bond acceptors (Lipinski definition) is 6. The Morgan fingerprint density at radius 3 is 2.52 bits per heavy atom. The van der Waals surface area contributed by atoms with Gasteiger partial charge >= 0.3 is 6.03 Å². The molecule has 2 aliphatic carbocycles. The number of carbonyl (C=O) groups is 4. The first-order valence-corrected chi connectivity index (χ1v) is 10.9. The second-order valence-corrected chi connectivity index (χ2v) is 10.1. The molecule has 0 unspecified atom stereocenters. The number of Topliss-reactive ketones (excluding diaryl/α,β-unsaturated/α-hetero) is 1. The lowest BCUT2D eigenvalue weighted by atomic mass is 9.78. The van der Waals surface area contributed by atoms with Gasteiger partial charge in [0, 0.05) is 13.5 Å². The number of urea groups is 1. The van der Waals surface area contributed by atoms with E-state index in [2.05, 4.69) is 10.3 Å². The Morgan fingerprint density at radius 2 is 1.83 bits per heavy atom. The maximum atomic E-state index is 13.0. The summed E-state index contributed by atoms with van der Waals surface area (Å²) in [4.78, 5) is 58.1. The maximum Gasteiger partial charge on any atom is 0.327 e. The van der Waals surface area contributed by atoms with Gasteiger partial charge in [-0.15, -0.1) is 0 Å². The lowest BCUT2D eigenvalue weighted by Crippen LogP contribution is -2.49. The Kier molecular flexibility index (Phi) is 4.76. The van der Waals surface area contributed by atoms with Crippen LogP contribution in [0.25, 0.3) is 0 Å². The summed E-state index contributed by atoms with van der Waals surface area (Å²) in [5, 5.41) is 3.01. The number of rotatable bonds is 3. The molecule has 1 N–H and O–H groups in total. The third-order valence-electron chi connectivity index (χ3n) is 6.27. The van der Waals surface area contributed by atoms with Gasteiger partial charge in [0.15, 0.2) is 10.9 Å². The summed E-state index contributed by atoms with van der Waals surface area (Å²) < 4.78 is 0. The van der Waals surface area contributed by atoms with E-state index in [1.165, 1.54) is 4.90 Å². The second kappa shape index (κ2) is 6.90. The number of imide groups is 1. The van der Waals surface area contributed by atoms with Crippen molar-refractivity contribution >= 4 is 40.1 Å². The van der Waals surface area contributed by atoms with E-state index in [9.17, 15) is 19.2 Å². The molecule has 2 heterocycles. The minimum Gasteiger partial charge on any atom is -0.313 e. The molecule has 1 saturated heterocycles. The predicted molar refractivity (Wildman–Crippen MR) is 108 cm³/mol. The van der Waals surface area contributed by atoms with Gasteiger partial charge in [0.2, 0.25) is 5.91 Å². The number of nitrogens with one attached hydrogen (secondary N) is 1. The lowest BCUT2D eigenvalue weighted by Gasteiger charge is -2.35. The van der Waals surface area contributed by atoms with Crippen LogP contribution >= 0.6 is 11.3 Å². The van der Waals surface area contributed by atoms with Crippen LogP contribution in [0.1, 0.15) is 67.7 Å². The van der Waals surface area contributed by atoms with Crippen molar-refractivity contribution in [2.24, 2.45) is 5.41 Å². The number of likely N-dealkylation sites (N-methyl/N-ethyl adjacent to an activating group) is 1. The van der Waals surface area contributed by atoms with Gasteiger partial charge < -0.3 is 10.2 Å². The third-order valence-corrected chi connectivity index (χ3v) is 7.32. The van der Waals surface area contributed by atoms with Crippen LogP contribution in [-0.2, 0) is 16.0 Å². The summed E-state index contributed by atoms with van der Waals surface area (Å²) in [5.41, 5.74) is -0.235. The number of thiazole rings is 1. The van der Waals surface area contributed by atoms with E-state index in [0.717, 1.165) is 35.5 Å². The number of carbonyl (C=O) groups excluding carboxylic acids is 4. The zero-order valence-corrected chi connectivity index (χ0v) is 17.9. The normalized spacial score (nSPS) is 22.9. The fourth-order valence-electron chi connectivity index (χ4n) is 4.75. The molecule has 29 heavy (non-hydrogen) atoms. The van der Waals surface area contributed by atoms with Crippen molar-refractivity contribution in [3.63, 3.8) is 0 Å². The number of anilines is 1. The molecule has 2 fully saturated rings. The zero-order valence-electron chi connectivity index (χ0n) is 17.0. The highest BCUT2D eigenvalue weighted by molar-refractivity contribution is 7.17. The molecular weight excluding hydrogens is 392 g/mol. The lowest BCUT2D eigenvalue weighted by molar-refractivity contribution is -0.136. The smallest absolute Gasteiger partial charge is 0.313 e. The molecular formula is C20H26N4O4S. The van der Waals surface area contributed by atoms with Gasteiger partial charge in [-0.3, -0.25) is 19.3 Å². The van der Waals surface area contributed by atoms with E-state index in [4.69, 9.17) is 0 Å². The van der Waals surface area contributed by atoms with Crippen LogP contribution in [0, 0.1) is 5.41 Å². The van der Waals surface area contributed by atoms with Crippen molar-refractivity contribution in [3.05, 3.63) is 10.6 Å². The van der Waals surface area contributed by atoms with E-state index in [1.54, 1.807) is 7.05 Å². The topological polar surface area (TPSA) is 99.7 Å². The van der Waals surface area contributed by atoms with Crippen molar-refractivity contribution in [2.75, 3.05) is 18.9 Å². The van der Waals surface area contributed by atoms with Crippen LogP contribution in [0.2, 0.25) is 0 Å². The summed E-state index contributed by atoms with van der Waals surface area (Å²) in [6.45, 7) is 3.70. The number of aromatic nitrogens is 1. The first-order chi connectivity index (χ1) is 13.6. The van der Waals surface area contributed by atoms with Crippen LogP contribution in [0.3, 0.4) is 0 Å². The quantitative estimate of drug-likeness (QED) is 0.761. The second-order valence-electron chi connectivity index (χ2n) is 9.11. The van der Waals surface area contributed by atoms with Gasteiger partial charge in [-0.25, -0.2) is 9.78 Å². The van der Waals surface area contributed by atoms with Gasteiger partial charge in [0.05, 0.1) is 10.6 Å². The fourth-order valence-corrected chi connectivity index (χ4v) is 5.68. The Hall–Kier alpha value is -2.29. The highest BCUT2D eigenvalue weighted by atomic mass is 32.1. The van der Waals surface area contributed by atoms with Gasteiger partial charge in [-0.05, 0) is 24.7 Å². The van der Waals surface area contributed by atoms with Gasteiger partial charge in [0.1, 0.15) is 12.1 Å². The molecule has 1 saturated carbocycles. The Morgan fingerprint density at radius 1 is 1.14 bits per heavy atom. The molecule has 1 aliphatic heterocycles. The van der Waals surface area contributed by atoms with Crippen LogP contribution in [0.5, 0.6) is 0 Å². The Bertz CT molecular complexity index is 900. The zero-order chi connectivity index (χ0) is 21.0. The number of fused-ring (bicyclic) bond motifs is 1. The molecule has 9 heteroatoms. The number of ketones is 1. The molecule has 3 aliphatic rings. The van der Waals surface area contributed by atoms with Crippen molar-refractivity contribution in [3.8, 4) is 0 Å². The molecule has 156 valence electrons. The maximum absolute atomic E-state index is 13.0. The number of hydrogen-bond donors (Lipinski definition) is 1. The summed E-state index contributed by atoms with van der Waals surface area (Å²) in [5.74, 6) is -0.721. The van der Waals surface area contributed by atoms with E-state index < -0.39 is 17.5 Å². The first kappa shape index (κ1) is 20.0. The Labute approximate surface area is 173 Å². The summed E-state index contributed by atoms with van der Waals surface area (Å²) >= 11 is 1.16. The average molecular weight is 419 g/mol. The van der Waals surface area contributed by atoms with Crippen molar-refractivity contribution < 1.29 is 19.2 Å². The minimum atomic E-state index is -0.798. The SMILES string of the molecule is CN1C(=O)N(CC(=O)Nc2nc3c(s2)C(=O)CC(C)(C)C3)C(=O)C12CCCCC2. The molecule has 1 spiro atoms. The molecule has 8 nitrogen and oxygen atoms in total. The van der Waals surface area contributed by atoms with Crippen molar-refractivity contribution in [1.29, 1.82) is 0 Å².